The number of aryl methyl sites for hydroxylation is 1. The zero-order valence-corrected chi connectivity index (χ0v) is 11.5. The van der Waals surface area contributed by atoms with Crippen molar-refractivity contribution in [2.24, 2.45) is 5.92 Å². The van der Waals surface area contributed by atoms with Crippen molar-refractivity contribution < 1.29 is 4.79 Å². The Labute approximate surface area is 115 Å². The van der Waals surface area contributed by atoms with E-state index in [0.717, 1.165) is 25.7 Å². The molecule has 1 fully saturated rings. The lowest BCUT2D eigenvalue weighted by Gasteiger charge is -2.29. The Hall–Kier alpha value is -1.31. The smallest absolute Gasteiger partial charge is 0.223 e. The Kier molecular flexibility index (Phi) is 3.86. The van der Waals surface area contributed by atoms with Gasteiger partial charge in [0.1, 0.15) is 0 Å². The average molecular weight is 257 g/mol. The van der Waals surface area contributed by atoms with Gasteiger partial charge in [-0.3, -0.25) is 4.79 Å². The highest BCUT2D eigenvalue weighted by atomic mass is 16.1. The first-order valence-corrected chi connectivity index (χ1v) is 7.73. The molecule has 1 saturated carbocycles. The number of amides is 1. The van der Waals surface area contributed by atoms with Crippen LogP contribution >= 0.6 is 0 Å². The number of rotatable bonds is 2. The lowest BCUT2D eigenvalue weighted by Crippen LogP contribution is -2.36. The Bertz CT molecular complexity index is 448. The maximum absolute atomic E-state index is 12.4. The van der Waals surface area contributed by atoms with Crippen molar-refractivity contribution in [3.63, 3.8) is 0 Å². The molecule has 1 atom stereocenters. The molecule has 2 nitrogen and oxygen atoms in total. The SMILES string of the molecule is O=C(NC1CCCc2ccccc21)C1CCCCC1. The summed E-state index contributed by atoms with van der Waals surface area (Å²) in [4.78, 5) is 12.4. The van der Waals surface area contributed by atoms with Gasteiger partial charge in [0.15, 0.2) is 0 Å². The van der Waals surface area contributed by atoms with E-state index < -0.39 is 0 Å². The second kappa shape index (κ2) is 5.77. The molecule has 0 aromatic heterocycles. The number of fused-ring (bicyclic) bond motifs is 1. The van der Waals surface area contributed by atoms with Crippen molar-refractivity contribution in [3.05, 3.63) is 35.4 Å². The molecule has 102 valence electrons. The minimum absolute atomic E-state index is 0.249. The first kappa shape index (κ1) is 12.7. The third-order valence-electron chi connectivity index (χ3n) is 4.66. The van der Waals surface area contributed by atoms with Crippen LogP contribution in [0.1, 0.15) is 62.1 Å². The third kappa shape index (κ3) is 2.83. The summed E-state index contributed by atoms with van der Waals surface area (Å²) < 4.78 is 0. The van der Waals surface area contributed by atoms with Gasteiger partial charge in [-0.15, -0.1) is 0 Å². The van der Waals surface area contributed by atoms with Crippen molar-refractivity contribution in [2.45, 2.75) is 57.4 Å². The standard InChI is InChI=1S/C17H23NO/c19-17(14-8-2-1-3-9-14)18-16-12-6-10-13-7-4-5-11-15(13)16/h4-5,7,11,14,16H,1-3,6,8-10,12H2,(H,18,19). The van der Waals surface area contributed by atoms with Crippen molar-refractivity contribution in [1.29, 1.82) is 0 Å². The van der Waals surface area contributed by atoms with E-state index in [4.69, 9.17) is 0 Å². The molecule has 19 heavy (non-hydrogen) atoms. The highest BCUT2D eigenvalue weighted by Gasteiger charge is 2.26. The summed E-state index contributed by atoms with van der Waals surface area (Å²) in [5.41, 5.74) is 2.76. The van der Waals surface area contributed by atoms with Gasteiger partial charge in [-0.25, -0.2) is 0 Å². The van der Waals surface area contributed by atoms with E-state index in [9.17, 15) is 4.79 Å². The van der Waals surface area contributed by atoms with Gasteiger partial charge in [0.05, 0.1) is 6.04 Å². The predicted octanol–water partition coefficient (Wildman–Crippen LogP) is 3.76. The van der Waals surface area contributed by atoms with E-state index in [2.05, 4.69) is 29.6 Å². The van der Waals surface area contributed by atoms with Crippen LogP contribution in [-0.4, -0.2) is 5.91 Å². The Morgan fingerprint density at radius 3 is 2.63 bits per heavy atom. The van der Waals surface area contributed by atoms with E-state index >= 15 is 0 Å². The Morgan fingerprint density at radius 1 is 1.00 bits per heavy atom. The van der Waals surface area contributed by atoms with E-state index in [-0.39, 0.29) is 12.0 Å². The Morgan fingerprint density at radius 2 is 1.79 bits per heavy atom. The molecule has 1 amide bonds. The van der Waals surface area contributed by atoms with Crippen LogP contribution in [-0.2, 0) is 11.2 Å². The van der Waals surface area contributed by atoms with Gasteiger partial charge in [0.2, 0.25) is 5.91 Å². The fraction of sp³-hybridized carbons (Fsp3) is 0.588. The van der Waals surface area contributed by atoms with Gasteiger partial charge in [0, 0.05) is 5.92 Å². The maximum Gasteiger partial charge on any atom is 0.223 e. The molecule has 3 rings (SSSR count). The molecule has 1 N–H and O–H groups in total. The molecular weight excluding hydrogens is 234 g/mol. The lowest BCUT2D eigenvalue weighted by atomic mass is 9.85. The van der Waals surface area contributed by atoms with Gasteiger partial charge >= 0.3 is 0 Å². The van der Waals surface area contributed by atoms with Crippen LogP contribution in [0.3, 0.4) is 0 Å². The van der Waals surface area contributed by atoms with Crippen molar-refractivity contribution in [1.82, 2.24) is 5.32 Å². The number of hydrogen-bond acceptors (Lipinski definition) is 1. The van der Waals surface area contributed by atoms with Crippen LogP contribution in [0.15, 0.2) is 24.3 Å². The molecule has 2 aliphatic rings. The fourth-order valence-corrected chi connectivity index (χ4v) is 3.56. The maximum atomic E-state index is 12.4. The summed E-state index contributed by atoms with van der Waals surface area (Å²) in [5.74, 6) is 0.559. The van der Waals surface area contributed by atoms with Crippen LogP contribution in [0.4, 0.5) is 0 Å². The van der Waals surface area contributed by atoms with Gasteiger partial charge in [-0.05, 0) is 43.2 Å². The molecule has 0 bridgehead atoms. The number of carbonyl (C=O) groups excluding carboxylic acids is 1. The van der Waals surface area contributed by atoms with Crippen LogP contribution in [0, 0.1) is 5.92 Å². The largest absolute Gasteiger partial charge is 0.349 e. The molecule has 2 heteroatoms. The molecule has 0 heterocycles. The molecule has 0 spiro atoms. The minimum Gasteiger partial charge on any atom is -0.349 e. The summed E-state index contributed by atoms with van der Waals surface area (Å²) in [6, 6.07) is 8.82. The zero-order chi connectivity index (χ0) is 13.1. The van der Waals surface area contributed by atoms with Gasteiger partial charge < -0.3 is 5.32 Å². The number of nitrogens with one attached hydrogen (secondary N) is 1. The van der Waals surface area contributed by atoms with Crippen LogP contribution in [0.25, 0.3) is 0 Å². The number of hydrogen-bond donors (Lipinski definition) is 1. The number of carbonyl (C=O) groups is 1. The Balaban J connectivity index is 1.68. The summed E-state index contributed by atoms with van der Waals surface area (Å²) in [5, 5.41) is 3.31. The quantitative estimate of drug-likeness (QED) is 0.858. The monoisotopic (exact) mass is 257 g/mol. The molecule has 0 radical (unpaired) electrons. The minimum atomic E-state index is 0.249. The van der Waals surface area contributed by atoms with E-state index in [1.165, 1.54) is 36.8 Å². The highest BCUT2D eigenvalue weighted by molar-refractivity contribution is 5.79. The lowest BCUT2D eigenvalue weighted by molar-refractivity contribution is -0.126. The summed E-state index contributed by atoms with van der Waals surface area (Å²) in [7, 11) is 0. The third-order valence-corrected chi connectivity index (χ3v) is 4.66. The van der Waals surface area contributed by atoms with E-state index in [0.29, 0.717) is 5.91 Å². The summed E-state index contributed by atoms with van der Waals surface area (Å²) in [6.07, 6.45) is 9.35. The molecule has 1 aromatic rings. The predicted molar refractivity (Wildman–Crippen MR) is 76.8 cm³/mol. The molecule has 0 saturated heterocycles. The normalized spacial score (nSPS) is 23.7. The number of benzene rings is 1. The second-order valence-electron chi connectivity index (χ2n) is 5.99. The first-order valence-electron chi connectivity index (χ1n) is 7.73. The summed E-state index contributed by atoms with van der Waals surface area (Å²) in [6.45, 7) is 0. The van der Waals surface area contributed by atoms with Crippen molar-refractivity contribution in [2.75, 3.05) is 0 Å². The summed E-state index contributed by atoms with van der Waals surface area (Å²) >= 11 is 0. The van der Waals surface area contributed by atoms with Crippen LogP contribution < -0.4 is 5.32 Å². The molecule has 2 aliphatic carbocycles. The van der Waals surface area contributed by atoms with E-state index in [1.54, 1.807) is 0 Å². The average Bonchev–Trinajstić information content (AvgIpc) is 2.48. The van der Waals surface area contributed by atoms with Crippen LogP contribution in [0.5, 0.6) is 0 Å². The molecule has 0 aliphatic heterocycles. The first-order chi connectivity index (χ1) is 9.34. The molecule has 1 aromatic carbocycles. The van der Waals surface area contributed by atoms with Crippen LogP contribution in [0.2, 0.25) is 0 Å². The molecule has 1 unspecified atom stereocenters. The highest BCUT2D eigenvalue weighted by Crippen LogP contribution is 2.31. The van der Waals surface area contributed by atoms with Gasteiger partial charge in [0.25, 0.3) is 0 Å². The van der Waals surface area contributed by atoms with Gasteiger partial charge in [-0.2, -0.15) is 0 Å². The van der Waals surface area contributed by atoms with Crippen molar-refractivity contribution >= 4 is 5.91 Å². The second-order valence-corrected chi connectivity index (χ2v) is 5.99. The zero-order valence-electron chi connectivity index (χ0n) is 11.5. The molecular formula is C17H23NO. The van der Waals surface area contributed by atoms with Crippen molar-refractivity contribution in [3.8, 4) is 0 Å². The topological polar surface area (TPSA) is 29.1 Å². The van der Waals surface area contributed by atoms with Gasteiger partial charge in [-0.1, -0.05) is 43.5 Å². The van der Waals surface area contributed by atoms with E-state index in [1.807, 2.05) is 0 Å². The fourth-order valence-electron chi connectivity index (χ4n) is 3.56.